The summed E-state index contributed by atoms with van der Waals surface area (Å²) in [5, 5.41) is 0. The molecular weight excluding hydrogens is 324 g/mol. The summed E-state index contributed by atoms with van der Waals surface area (Å²) in [6.07, 6.45) is 3.91. The van der Waals surface area contributed by atoms with Crippen LogP contribution in [0, 0.1) is 5.41 Å². The lowest BCUT2D eigenvalue weighted by atomic mass is 9.81. The van der Waals surface area contributed by atoms with Gasteiger partial charge in [-0.25, -0.2) is 0 Å². The van der Waals surface area contributed by atoms with Crippen molar-refractivity contribution in [1.82, 2.24) is 4.90 Å². The van der Waals surface area contributed by atoms with E-state index in [0.717, 1.165) is 6.54 Å². The van der Waals surface area contributed by atoms with E-state index >= 15 is 0 Å². The lowest BCUT2D eigenvalue weighted by Crippen LogP contribution is -2.38. The van der Waals surface area contributed by atoms with Crippen LogP contribution >= 0.6 is 11.8 Å². The van der Waals surface area contributed by atoms with Crippen LogP contribution in [0.25, 0.3) is 0 Å². The van der Waals surface area contributed by atoms with Gasteiger partial charge in [0, 0.05) is 28.3 Å². The molecule has 1 saturated heterocycles. The van der Waals surface area contributed by atoms with Gasteiger partial charge in [-0.3, -0.25) is 0 Å². The summed E-state index contributed by atoms with van der Waals surface area (Å²) in [4.78, 5) is 8.01. The van der Waals surface area contributed by atoms with Crippen molar-refractivity contribution in [2.75, 3.05) is 31.1 Å². The van der Waals surface area contributed by atoms with E-state index < -0.39 is 0 Å². The average Bonchev–Trinajstić information content (AvgIpc) is 3.05. The van der Waals surface area contributed by atoms with Gasteiger partial charge in [-0.1, -0.05) is 56.3 Å². The van der Waals surface area contributed by atoms with E-state index in [2.05, 4.69) is 72.2 Å². The maximum absolute atomic E-state index is 2.63. The summed E-state index contributed by atoms with van der Waals surface area (Å²) in [6.45, 7) is 9.43. The molecule has 3 heteroatoms. The molecule has 0 radical (unpaired) electrons. The molecule has 2 aliphatic rings. The Hall–Kier alpha value is -1.45. The van der Waals surface area contributed by atoms with Gasteiger partial charge in [-0.15, -0.1) is 0 Å². The minimum atomic E-state index is 0.410. The zero-order valence-electron chi connectivity index (χ0n) is 15.4. The van der Waals surface area contributed by atoms with Crippen LogP contribution in [0.4, 0.5) is 11.4 Å². The quantitative estimate of drug-likeness (QED) is 0.671. The second kappa shape index (κ2) is 7.05. The van der Waals surface area contributed by atoms with Gasteiger partial charge >= 0.3 is 0 Å². The lowest BCUT2D eigenvalue weighted by Gasteiger charge is -2.40. The van der Waals surface area contributed by atoms with E-state index in [1.165, 1.54) is 60.1 Å². The van der Waals surface area contributed by atoms with Crippen LogP contribution in [0.1, 0.15) is 33.1 Å². The molecule has 1 atom stereocenters. The van der Waals surface area contributed by atoms with E-state index in [4.69, 9.17) is 0 Å². The molecule has 0 aromatic heterocycles. The van der Waals surface area contributed by atoms with Gasteiger partial charge in [0.05, 0.1) is 11.4 Å². The first kappa shape index (κ1) is 17.0. The standard InChI is InChI=1S/C22H28N2S/c1-3-13-22(14-15-23(4-2)16-22)17-24-18-9-5-7-11-20(18)25-21-12-8-6-10-19(21)24/h5-12H,3-4,13-17H2,1-2H3/t22-/m0/s1. The van der Waals surface area contributed by atoms with Gasteiger partial charge < -0.3 is 9.80 Å². The highest BCUT2D eigenvalue weighted by Crippen LogP contribution is 2.50. The maximum atomic E-state index is 2.63. The van der Waals surface area contributed by atoms with Crippen LogP contribution in [0.2, 0.25) is 0 Å². The molecule has 0 spiro atoms. The minimum absolute atomic E-state index is 0.410. The third kappa shape index (κ3) is 3.20. The molecule has 2 nitrogen and oxygen atoms in total. The molecule has 0 amide bonds. The second-order valence-corrected chi connectivity index (χ2v) is 8.58. The Morgan fingerprint density at radius 1 is 0.960 bits per heavy atom. The maximum Gasteiger partial charge on any atom is 0.0553 e. The van der Waals surface area contributed by atoms with Crippen molar-refractivity contribution in [3.63, 3.8) is 0 Å². The summed E-state index contributed by atoms with van der Waals surface area (Å²) < 4.78 is 0. The SMILES string of the molecule is CCC[C@]1(CN2c3ccccc3Sc3ccccc32)CCN(CC)C1. The van der Waals surface area contributed by atoms with Crippen molar-refractivity contribution in [1.29, 1.82) is 0 Å². The van der Waals surface area contributed by atoms with Gasteiger partial charge in [0.2, 0.25) is 0 Å². The van der Waals surface area contributed by atoms with E-state index in [1.807, 2.05) is 11.8 Å². The molecule has 0 saturated carbocycles. The normalized spacial score (nSPS) is 22.7. The van der Waals surface area contributed by atoms with Crippen LogP contribution < -0.4 is 4.90 Å². The van der Waals surface area contributed by atoms with Gasteiger partial charge in [0.15, 0.2) is 0 Å². The number of likely N-dealkylation sites (tertiary alicyclic amines) is 1. The van der Waals surface area contributed by atoms with Crippen molar-refractivity contribution < 1.29 is 0 Å². The predicted molar refractivity (Wildman–Crippen MR) is 108 cm³/mol. The molecule has 1 fully saturated rings. The van der Waals surface area contributed by atoms with E-state index in [-0.39, 0.29) is 0 Å². The first-order valence-corrected chi connectivity index (χ1v) is 10.4. The Labute approximate surface area is 156 Å². The Balaban J connectivity index is 1.72. The summed E-state index contributed by atoms with van der Waals surface area (Å²) in [5.41, 5.74) is 3.18. The monoisotopic (exact) mass is 352 g/mol. The summed E-state index contributed by atoms with van der Waals surface area (Å²) in [6, 6.07) is 17.8. The zero-order valence-corrected chi connectivity index (χ0v) is 16.2. The van der Waals surface area contributed by atoms with Gasteiger partial charge in [-0.2, -0.15) is 0 Å². The Bertz CT molecular complexity index is 699. The fourth-order valence-electron chi connectivity index (χ4n) is 4.53. The molecule has 0 bridgehead atoms. The molecule has 0 aliphatic carbocycles. The van der Waals surface area contributed by atoms with E-state index in [1.54, 1.807) is 0 Å². The number of para-hydroxylation sites is 2. The number of anilines is 2. The number of fused-ring (bicyclic) bond motifs is 2. The van der Waals surface area contributed by atoms with Crippen LogP contribution in [0.5, 0.6) is 0 Å². The zero-order chi connectivity index (χ0) is 17.3. The van der Waals surface area contributed by atoms with Crippen molar-refractivity contribution in [2.45, 2.75) is 42.9 Å². The first-order valence-electron chi connectivity index (χ1n) is 9.60. The Morgan fingerprint density at radius 3 is 2.16 bits per heavy atom. The minimum Gasteiger partial charge on any atom is -0.339 e. The molecule has 0 N–H and O–H groups in total. The van der Waals surface area contributed by atoms with Gasteiger partial charge in [-0.05, 0) is 50.2 Å². The molecule has 4 rings (SSSR count). The summed E-state index contributed by atoms with van der Waals surface area (Å²) >= 11 is 1.91. The fourth-order valence-corrected chi connectivity index (χ4v) is 5.62. The van der Waals surface area contributed by atoms with E-state index in [0.29, 0.717) is 5.41 Å². The van der Waals surface area contributed by atoms with Crippen LogP contribution in [-0.4, -0.2) is 31.1 Å². The number of benzene rings is 2. The fraction of sp³-hybridized carbons (Fsp3) is 0.455. The van der Waals surface area contributed by atoms with Crippen molar-refractivity contribution >= 4 is 23.1 Å². The largest absolute Gasteiger partial charge is 0.339 e. The average molecular weight is 353 g/mol. The topological polar surface area (TPSA) is 6.48 Å². The van der Waals surface area contributed by atoms with Gasteiger partial charge in [0.1, 0.15) is 0 Å². The number of rotatable bonds is 5. The molecule has 2 heterocycles. The molecule has 2 aromatic rings. The predicted octanol–water partition coefficient (Wildman–Crippen LogP) is 5.80. The number of hydrogen-bond acceptors (Lipinski definition) is 3. The number of hydrogen-bond donors (Lipinski definition) is 0. The first-order chi connectivity index (χ1) is 12.2. The smallest absolute Gasteiger partial charge is 0.0553 e. The Kier molecular flexibility index (Phi) is 4.79. The molecule has 2 aromatic carbocycles. The van der Waals surface area contributed by atoms with Crippen molar-refractivity contribution in [3.05, 3.63) is 48.5 Å². The highest BCUT2D eigenvalue weighted by molar-refractivity contribution is 7.99. The molecule has 25 heavy (non-hydrogen) atoms. The number of nitrogens with zero attached hydrogens (tertiary/aromatic N) is 2. The third-order valence-electron chi connectivity index (χ3n) is 5.77. The molecule has 132 valence electrons. The van der Waals surface area contributed by atoms with Crippen molar-refractivity contribution in [2.24, 2.45) is 5.41 Å². The molecule has 0 unspecified atom stereocenters. The van der Waals surface area contributed by atoms with E-state index in [9.17, 15) is 0 Å². The molecular formula is C22H28N2S. The molecule has 2 aliphatic heterocycles. The Morgan fingerprint density at radius 2 is 1.60 bits per heavy atom. The highest BCUT2D eigenvalue weighted by Gasteiger charge is 2.39. The summed E-state index contributed by atoms with van der Waals surface area (Å²) in [7, 11) is 0. The van der Waals surface area contributed by atoms with Gasteiger partial charge in [0.25, 0.3) is 0 Å². The summed E-state index contributed by atoms with van der Waals surface area (Å²) in [5.74, 6) is 0. The van der Waals surface area contributed by atoms with Crippen molar-refractivity contribution in [3.8, 4) is 0 Å². The van der Waals surface area contributed by atoms with Crippen LogP contribution in [0.15, 0.2) is 58.3 Å². The lowest BCUT2D eigenvalue weighted by molar-refractivity contribution is 0.251. The highest BCUT2D eigenvalue weighted by atomic mass is 32.2. The van der Waals surface area contributed by atoms with Crippen LogP contribution in [0.3, 0.4) is 0 Å². The van der Waals surface area contributed by atoms with Crippen LogP contribution in [-0.2, 0) is 0 Å². The third-order valence-corrected chi connectivity index (χ3v) is 6.90. The second-order valence-electron chi connectivity index (χ2n) is 7.49.